The third-order valence-corrected chi connectivity index (χ3v) is 8.82. The van der Waals surface area contributed by atoms with Gasteiger partial charge in [-0.1, -0.05) is 5.21 Å². The summed E-state index contributed by atoms with van der Waals surface area (Å²) in [7, 11) is -5.35. The van der Waals surface area contributed by atoms with Crippen LogP contribution in [0, 0.1) is 5.82 Å². The van der Waals surface area contributed by atoms with Crippen molar-refractivity contribution in [3.8, 4) is 11.6 Å². The number of nitrogens with two attached hydrogens (primary N) is 1. The highest BCUT2D eigenvalue weighted by molar-refractivity contribution is 8.07. The van der Waals surface area contributed by atoms with E-state index in [0.717, 1.165) is 6.33 Å². The van der Waals surface area contributed by atoms with Crippen LogP contribution in [0.2, 0.25) is 0 Å². The van der Waals surface area contributed by atoms with Crippen molar-refractivity contribution in [1.82, 2.24) is 45.8 Å². The number of halogens is 2. The van der Waals surface area contributed by atoms with Gasteiger partial charge in [0.05, 0.1) is 13.0 Å². The lowest BCUT2D eigenvalue weighted by Crippen LogP contribution is -2.69. The molecule has 6 atom stereocenters. The van der Waals surface area contributed by atoms with Crippen LogP contribution >= 0.6 is 14.5 Å². The maximum atomic E-state index is 15.7. The number of phosphoric acid groups is 1. The molecule has 0 aliphatic carbocycles. The quantitative estimate of drug-likeness (QED) is 0.149. The Morgan fingerprint density at radius 1 is 1.24 bits per heavy atom. The molecule has 7 rings (SSSR count). The topological polar surface area (TPSA) is 276 Å². The molecule has 21 nitrogen and oxygen atoms in total. The largest absolute Gasteiger partial charge is 0.584 e. The van der Waals surface area contributed by atoms with Crippen LogP contribution in [0.4, 0.5) is 8.78 Å². The number of rotatable bonds is 2. The molecule has 0 aromatic carbocycles. The van der Waals surface area contributed by atoms with Crippen LogP contribution in [0.25, 0.3) is 17.0 Å². The molecule has 0 spiro atoms. The van der Waals surface area contributed by atoms with Crippen LogP contribution in [0.5, 0.6) is 5.75 Å². The van der Waals surface area contributed by atoms with Gasteiger partial charge in [-0.05, 0) is 0 Å². The molecule has 45 heavy (non-hydrogen) atoms. The lowest BCUT2D eigenvalue weighted by molar-refractivity contribution is -0.127. The summed E-state index contributed by atoms with van der Waals surface area (Å²) < 4.78 is 76.1. The van der Waals surface area contributed by atoms with Crippen LogP contribution < -0.4 is 31.8 Å². The number of amides is 1. The van der Waals surface area contributed by atoms with E-state index in [1.165, 1.54) is 4.90 Å². The number of fused-ring (bicyclic) bond motifs is 5. The van der Waals surface area contributed by atoms with Crippen molar-refractivity contribution in [2.24, 2.45) is 5.73 Å². The molecular formula is C19H18F2N10O11P2S. The molecule has 3 aromatic rings. The molecule has 4 aliphatic heterocycles. The number of alkyl halides is 1. The zero-order chi connectivity index (χ0) is 31.8. The van der Waals surface area contributed by atoms with E-state index in [1.54, 1.807) is 0 Å². The van der Waals surface area contributed by atoms with Crippen molar-refractivity contribution in [2.45, 2.75) is 31.3 Å². The van der Waals surface area contributed by atoms with Crippen molar-refractivity contribution in [1.29, 1.82) is 0 Å². The molecule has 0 radical (unpaired) electrons. The number of H-pyrrole nitrogens is 1. The molecule has 2 bridgehead atoms. The molecular weight excluding hydrogens is 676 g/mol. The Kier molecular flexibility index (Phi) is 6.96. The zero-order valence-corrected chi connectivity index (χ0v) is 24.4. The van der Waals surface area contributed by atoms with Crippen LogP contribution in [-0.4, -0.2) is 76.9 Å². The summed E-state index contributed by atoms with van der Waals surface area (Å²) in [6, 6.07) is -0.883. The lowest BCUT2D eigenvalue weighted by Gasteiger charge is -2.35. The fourth-order valence-corrected chi connectivity index (χ4v) is 6.53. The minimum Gasteiger partial charge on any atom is -0.435 e. The number of carbonyl (C=O) groups is 1. The van der Waals surface area contributed by atoms with E-state index >= 15 is 8.78 Å². The van der Waals surface area contributed by atoms with Crippen LogP contribution in [-0.2, 0) is 46.1 Å². The van der Waals surface area contributed by atoms with Crippen molar-refractivity contribution in [2.75, 3.05) is 6.67 Å². The van der Waals surface area contributed by atoms with Crippen LogP contribution in [0.15, 0.2) is 39.2 Å². The van der Waals surface area contributed by atoms with Gasteiger partial charge in [0.15, 0.2) is 22.7 Å². The second-order valence-electron chi connectivity index (χ2n) is 9.44. The van der Waals surface area contributed by atoms with E-state index in [4.69, 9.17) is 44.8 Å². The van der Waals surface area contributed by atoms with Gasteiger partial charge in [-0.25, -0.2) is 13.9 Å². The van der Waals surface area contributed by atoms with Crippen LogP contribution in [0.3, 0.4) is 0 Å². The Balaban J connectivity index is 1.27. The first-order valence-corrected chi connectivity index (χ1v) is 16.5. The fourth-order valence-electron chi connectivity index (χ4n) is 4.69. The predicted octanol–water partition coefficient (Wildman–Crippen LogP) is -1.61. The predicted molar refractivity (Wildman–Crippen MR) is 141 cm³/mol. The number of nitrogens with zero attached hydrogens (tertiary/aromatic N) is 5. The smallest absolute Gasteiger partial charge is 0.435 e. The van der Waals surface area contributed by atoms with Gasteiger partial charge in [0.1, 0.15) is 31.4 Å². The molecule has 26 heteroatoms. The number of hydrogen-bond acceptors (Lipinski definition) is 17. The Labute approximate surface area is 251 Å². The van der Waals surface area contributed by atoms with Gasteiger partial charge in [0, 0.05) is 11.8 Å². The maximum Gasteiger partial charge on any atom is 0.584 e. The summed E-state index contributed by atoms with van der Waals surface area (Å²) in [5, 5.41) is 15.4. The van der Waals surface area contributed by atoms with E-state index in [0.29, 0.717) is 10.9 Å². The summed E-state index contributed by atoms with van der Waals surface area (Å²) in [6.45, 7) is -5.63. The first-order valence-electron chi connectivity index (χ1n) is 12.4. The number of ether oxygens (including phenoxy) is 1. The third kappa shape index (κ3) is 5.14. The number of aromatic amines is 1. The van der Waals surface area contributed by atoms with E-state index in [-0.39, 0.29) is 17.8 Å². The monoisotopic (exact) mass is 694 g/mol. The number of aromatic nitrogens is 5. The summed E-state index contributed by atoms with van der Waals surface area (Å²) in [4.78, 5) is 53.1. The highest BCUT2D eigenvalue weighted by atomic mass is 32.5. The normalized spacial score (nSPS) is 32.9. The molecule has 240 valence electrons. The van der Waals surface area contributed by atoms with Crippen molar-refractivity contribution < 1.29 is 55.2 Å². The van der Waals surface area contributed by atoms with E-state index in [9.17, 15) is 23.9 Å². The third-order valence-electron chi connectivity index (χ3n) is 6.61. The second kappa shape index (κ2) is 10.5. The molecule has 2 saturated heterocycles. The van der Waals surface area contributed by atoms with E-state index < -0.39 is 97.9 Å². The standard InChI is InChI=1S/C19H18F2N10O11P2S/c20-7-5-1-37-43(34,35)41-11-6(40-17(8(11)21)31-13-10(28-29-31)15(32)24-3-23-13)2-38-44(36,45)42-12(7)18(39-5)30-4-25-9-14(30)26-19(22)27-16(9)33/h1,3,7,9,14,19,25-26H,2,4,22H2,(H,27,33)(H,34,35)(H,36,45)(H,23,24,32)/b5-1+/t7-,9-,14?,19?,44?/m1/s1. The number of phosphoric ester groups is 1. The Morgan fingerprint density at radius 3 is 2.84 bits per heavy atom. The first-order chi connectivity index (χ1) is 21.3. The minimum atomic E-state index is -5.35. The van der Waals surface area contributed by atoms with Gasteiger partial charge in [-0.2, -0.15) is 9.07 Å². The van der Waals surface area contributed by atoms with Gasteiger partial charge < -0.3 is 42.8 Å². The molecule has 8 N–H and O–H groups in total. The van der Waals surface area contributed by atoms with Gasteiger partial charge >= 0.3 is 14.5 Å². The highest BCUT2D eigenvalue weighted by Gasteiger charge is 2.50. The van der Waals surface area contributed by atoms with E-state index in [1.807, 2.05) is 0 Å². The molecule has 2 fully saturated rings. The molecule has 4 aliphatic rings. The van der Waals surface area contributed by atoms with Gasteiger partial charge in [0.25, 0.3) is 11.4 Å². The number of carbonyl (C=O) groups excluding carboxylic acids is 1. The molecule has 3 aromatic heterocycles. The lowest BCUT2D eigenvalue weighted by atomic mass is 10.2. The number of furan rings is 1. The highest BCUT2D eigenvalue weighted by Crippen LogP contribution is 2.54. The zero-order valence-electron chi connectivity index (χ0n) is 21.8. The van der Waals surface area contributed by atoms with Gasteiger partial charge in [-0.15, -0.1) is 5.10 Å². The maximum absolute atomic E-state index is 15.7. The molecule has 1 amide bonds. The Hall–Kier alpha value is -3.99. The van der Waals surface area contributed by atoms with Crippen molar-refractivity contribution >= 4 is 43.4 Å². The SMILES string of the molecule is NC1NC(=O)[C@@H]2NCN(C3=C4OP(O)(=S)OCc5oc(-n6nnc7c(=O)[nH]cnc76)c(F)c5OP(=O)(O)O/C=C(/O3)[C@H]4F)C2N1. The van der Waals surface area contributed by atoms with Gasteiger partial charge in [-0.3, -0.25) is 35.4 Å². The van der Waals surface area contributed by atoms with Gasteiger partial charge in [0.2, 0.25) is 35.3 Å². The average molecular weight is 694 g/mol. The summed E-state index contributed by atoms with van der Waals surface area (Å²) in [5.74, 6) is -6.45. The van der Waals surface area contributed by atoms with Crippen molar-refractivity contribution in [3.63, 3.8) is 0 Å². The van der Waals surface area contributed by atoms with E-state index in [2.05, 4.69) is 36.2 Å². The first kappa shape index (κ1) is 29.7. The second-order valence-corrected chi connectivity index (χ2v) is 13.5. The fraction of sp³-hybridized carbons (Fsp3) is 0.316. The summed E-state index contributed by atoms with van der Waals surface area (Å²) in [6.07, 6.45) is -2.94. The van der Waals surface area contributed by atoms with Crippen molar-refractivity contribution in [3.05, 3.63) is 51.9 Å². The molecule has 0 saturated carbocycles. The number of hydrogen-bond donors (Lipinski definition) is 7. The summed E-state index contributed by atoms with van der Waals surface area (Å²) >= 11 is 5.05. The Morgan fingerprint density at radius 2 is 2.04 bits per heavy atom. The minimum absolute atomic E-state index is 0.127. The average Bonchev–Trinajstić information content (AvgIpc) is 3.72. The number of nitrogens with one attached hydrogen (secondary N) is 4. The van der Waals surface area contributed by atoms with Crippen LogP contribution in [0.1, 0.15) is 5.76 Å². The molecule has 4 unspecified atom stereocenters. The molecule has 7 heterocycles. The Bertz CT molecular complexity index is 1970. The summed E-state index contributed by atoms with van der Waals surface area (Å²) in [5.41, 5.74) is 4.52.